The zero-order valence-electron chi connectivity index (χ0n) is 12.9. The summed E-state index contributed by atoms with van der Waals surface area (Å²) in [7, 11) is 1.77. The van der Waals surface area contributed by atoms with Crippen molar-refractivity contribution in [1.29, 1.82) is 0 Å². The van der Waals surface area contributed by atoms with Crippen molar-refractivity contribution >= 4 is 11.9 Å². The molecule has 0 saturated carbocycles. The molecule has 114 valence electrons. The molecule has 1 aromatic rings. The van der Waals surface area contributed by atoms with Crippen molar-refractivity contribution in [3.8, 4) is 0 Å². The average molecular weight is 284 g/mol. The molecule has 0 aromatic carbocycles. The number of imidazole rings is 1. The Balaban J connectivity index is 0.00000172. The molecule has 0 fully saturated rings. The van der Waals surface area contributed by atoms with Gasteiger partial charge in [0.25, 0.3) is 0 Å². The highest BCUT2D eigenvalue weighted by atomic mass is 16.5. The quantitative estimate of drug-likeness (QED) is 0.748. The van der Waals surface area contributed by atoms with Gasteiger partial charge in [-0.25, -0.2) is 9.78 Å². The first-order valence-corrected chi connectivity index (χ1v) is 6.93. The maximum atomic E-state index is 11.6. The molecule has 0 atom stereocenters. The second kappa shape index (κ2) is 10.00. The Morgan fingerprint density at radius 3 is 2.35 bits per heavy atom. The van der Waals surface area contributed by atoms with Gasteiger partial charge in [-0.1, -0.05) is 13.8 Å². The van der Waals surface area contributed by atoms with E-state index in [4.69, 9.17) is 9.47 Å². The van der Waals surface area contributed by atoms with Gasteiger partial charge in [0.05, 0.1) is 31.7 Å². The molecule has 20 heavy (non-hydrogen) atoms. The summed E-state index contributed by atoms with van der Waals surface area (Å²) in [6.07, 6.45) is 2.16. The fraction of sp³-hybridized carbons (Fsp3) is 0.643. The van der Waals surface area contributed by atoms with E-state index in [0.29, 0.717) is 25.3 Å². The Hall–Kier alpha value is -1.85. The molecule has 0 spiro atoms. The minimum Gasteiger partial charge on any atom is -0.466 e. The number of hydrogen-bond donors (Lipinski definition) is 0. The summed E-state index contributed by atoms with van der Waals surface area (Å²) < 4.78 is 11.5. The molecule has 1 rings (SSSR count). The molecule has 0 amide bonds. The van der Waals surface area contributed by atoms with E-state index in [-0.39, 0.29) is 18.1 Å². The van der Waals surface area contributed by atoms with Gasteiger partial charge < -0.3 is 14.0 Å². The molecule has 0 bridgehead atoms. The Labute approximate surface area is 120 Å². The summed E-state index contributed by atoms with van der Waals surface area (Å²) in [6.45, 7) is 8.15. The first-order valence-electron chi connectivity index (χ1n) is 6.93. The number of carbonyl (C=O) groups is 2. The summed E-state index contributed by atoms with van der Waals surface area (Å²) in [5, 5.41) is 0. The Bertz CT molecular complexity index is 427. The second-order valence-corrected chi connectivity index (χ2v) is 3.68. The number of ether oxygens (including phenoxy) is 2. The standard InChI is InChI=1S/C12H18N2O4.C2H6/c1-4-17-10(15)7-6-9-11(12(16)18-5-2)13-8-14(9)3;1-2/h8H,4-7H2,1-3H3;1-2H3. The number of nitrogens with zero attached hydrogens (tertiary/aromatic N) is 2. The van der Waals surface area contributed by atoms with Gasteiger partial charge in [0.2, 0.25) is 0 Å². The van der Waals surface area contributed by atoms with E-state index in [2.05, 4.69) is 4.98 Å². The molecule has 0 aliphatic rings. The average Bonchev–Trinajstić information content (AvgIpc) is 2.81. The molecule has 1 aromatic heterocycles. The van der Waals surface area contributed by atoms with Crippen LogP contribution in [0.5, 0.6) is 0 Å². The maximum Gasteiger partial charge on any atom is 0.358 e. The molecular formula is C14H24N2O4. The highest BCUT2D eigenvalue weighted by molar-refractivity contribution is 5.88. The minimum atomic E-state index is -0.461. The number of rotatable bonds is 6. The first kappa shape index (κ1) is 18.1. The lowest BCUT2D eigenvalue weighted by Crippen LogP contribution is -2.12. The molecule has 0 radical (unpaired) electrons. The summed E-state index contributed by atoms with van der Waals surface area (Å²) in [5.74, 6) is -0.745. The molecule has 0 aliphatic heterocycles. The lowest BCUT2D eigenvalue weighted by atomic mass is 10.2. The van der Waals surface area contributed by atoms with E-state index < -0.39 is 5.97 Å². The van der Waals surface area contributed by atoms with Gasteiger partial charge in [-0.2, -0.15) is 0 Å². The highest BCUT2D eigenvalue weighted by Gasteiger charge is 2.18. The lowest BCUT2D eigenvalue weighted by Gasteiger charge is -2.05. The fourth-order valence-corrected chi connectivity index (χ4v) is 1.57. The van der Waals surface area contributed by atoms with Gasteiger partial charge in [0.1, 0.15) is 0 Å². The number of aryl methyl sites for hydroxylation is 1. The van der Waals surface area contributed by atoms with Crippen molar-refractivity contribution < 1.29 is 19.1 Å². The van der Waals surface area contributed by atoms with Crippen LogP contribution in [0.1, 0.15) is 50.3 Å². The lowest BCUT2D eigenvalue weighted by molar-refractivity contribution is -0.143. The third-order valence-electron chi connectivity index (χ3n) is 2.40. The summed E-state index contributed by atoms with van der Waals surface area (Å²) >= 11 is 0. The molecule has 0 N–H and O–H groups in total. The van der Waals surface area contributed by atoms with Crippen LogP contribution in [0, 0.1) is 0 Å². The van der Waals surface area contributed by atoms with Crippen molar-refractivity contribution in [2.45, 2.75) is 40.5 Å². The van der Waals surface area contributed by atoms with Gasteiger partial charge in [0, 0.05) is 13.5 Å². The Kier molecular flexibility index (Phi) is 9.07. The molecule has 0 unspecified atom stereocenters. The molecule has 6 heteroatoms. The van der Waals surface area contributed by atoms with Gasteiger partial charge in [0.15, 0.2) is 5.69 Å². The Morgan fingerprint density at radius 1 is 1.20 bits per heavy atom. The van der Waals surface area contributed by atoms with Crippen molar-refractivity contribution in [2.24, 2.45) is 7.05 Å². The molecule has 0 saturated heterocycles. The van der Waals surface area contributed by atoms with E-state index in [1.54, 1.807) is 25.5 Å². The minimum absolute atomic E-state index is 0.222. The van der Waals surface area contributed by atoms with Crippen molar-refractivity contribution in [3.05, 3.63) is 17.7 Å². The number of carbonyl (C=O) groups excluding carboxylic acids is 2. The van der Waals surface area contributed by atoms with Crippen LogP contribution < -0.4 is 0 Å². The van der Waals surface area contributed by atoms with Crippen LogP contribution in [0.2, 0.25) is 0 Å². The zero-order chi connectivity index (χ0) is 15.5. The van der Waals surface area contributed by atoms with E-state index in [1.165, 1.54) is 6.33 Å². The fourth-order valence-electron chi connectivity index (χ4n) is 1.57. The Morgan fingerprint density at radius 2 is 1.80 bits per heavy atom. The van der Waals surface area contributed by atoms with E-state index in [1.807, 2.05) is 13.8 Å². The normalized spacial score (nSPS) is 9.45. The summed E-state index contributed by atoms with van der Waals surface area (Å²) in [6, 6.07) is 0. The zero-order valence-corrected chi connectivity index (χ0v) is 12.9. The van der Waals surface area contributed by atoms with Crippen molar-refractivity contribution in [1.82, 2.24) is 9.55 Å². The number of aromatic nitrogens is 2. The van der Waals surface area contributed by atoms with Crippen molar-refractivity contribution in [2.75, 3.05) is 13.2 Å². The van der Waals surface area contributed by atoms with E-state index >= 15 is 0 Å². The molecule has 0 aliphatic carbocycles. The van der Waals surface area contributed by atoms with Crippen LogP contribution >= 0.6 is 0 Å². The second-order valence-electron chi connectivity index (χ2n) is 3.68. The van der Waals surface area contributed by atoms with Crippen LogP contribution in [0.3, 0.4) is 0 Å². The predicted molar refractivity (Wildman–Crippen MR) is 75.5 cm³/mol. The van der Waals surface area contributed by atoms with E-state index in [9.17, 15) is 9.59 Å². The predicted octanol–water partition coefficient (Wildman–Crippen LogP) is 2.12. The number of esters is 2. The highest BCUT2D eigenvalue weighted by Crippen LogP contribution is 2.11. The van der Waals surface area contributed by atoms with E-state index in [0.717, 1.165) is 0 Å². The van der Waals surface area contributed by atoms with Crippen LogP contribution in [-0.2, 0) is 27.7 Å². The summed E-state index contributed by atoms with van der Waals surface area (Å²) in [4.78, 5) is 26.9. The van der Waals surface area contributed by atoms with Crippen LogP contribution in [0.25, 0.3) is 0 Å². The topological polar surface area (TPSA) is 70.4 Å². The monoisotopic (exact) mass is 284 g/mol. The molecule has 6 nitrogen and oxygen atoms in total. The van der Waals surface area contributed by atoms with Crippen molar-refractivity contribution in [3.63, 3.8) is 0 Å². The van der Waals surface area contributed by atoms with Crippen LogP contribution in [0.15, 0.2) is 6.33 Å². The summed E-state index contributed by atoms with van der Waals surface area (Å²) in [5.41, 5.74) is 0.949. The molecular weight excluding hydrogens is 260 g/mol. The third-order valence-corrected chi connectivity index (χ3v) is 2.40. The van der Waals surface area contributed by atoms with Gasteiger partial charge in [-0.15, -0.1) is 0 Å². The van der Waals surface area contributed by atoms with Gasteiger partial charge in [-0.05, 0) is 13.8 Å². The largest absolute Gasteiger partial charge is 0.466 e. The van der Waals surface area contributed by atoms with Gasteiger partial charge >= 0.3 is 11.9 Å². The van der Waals surface area contributed by atoms with Gasteiger partial charge in [-0.3, -0.25) is 4.79 Å². The first-order chi connectivity index (χ1) is 9.60. The third kappa shape index (κ3) is 5.42. The van der Waals surface area contributed by atoms with Crippen LogP contribution in [-0.4, -0.2) is 34.7 Å². The number of hydrogen-bond acceptors (Lipinski definition) is 5. The smallest absolute Gasteiger partial charge is 0.358 e. The van der Waals surface area contributed by atoms with Crippen LogP contribution in [0.4, 0.5) is 0 Å². The maximum absolute atomic E-state index is 11.6. The molecule has 1 heterocycles. The SMILES string of the molecule is CC.CCOC(=O)CCc1c(C(=O)OCC)ncn1C.